The van der Waals surface area contributed by atoms with E-state index in [1.807, 2.05) is 13.8 Å². The van der Waals surface area contributed by atoms with Crippen LogP contribution in [0.25, 0.3) is 0 Å². The monoisotopic (exact) mass is 224 g/mol. The summed E-state index contributed by atoms with van der Waals surface area (Å²) in [6, 6.07) is 3.00. The first-order valence-electron chi connectivity index (χ1n) is 5.88. The van der Waals surface area contributed by atoms with E-state index in [4.69, 9.17) is 4.42 Å². The first-order valence-corrected chi connectivity index (χ1v) is 5.88. The van der Waals surface area contributed by atoms with Gasteiger partial charge < -0.3 is 14.6 Å². The molecule has 0 fully saturated rings. The minimum Gasteiger partial charge on any atom is -0.466 e. The fourth-order valence-electron chi connectivity index (χ4n) is 1.72. The number of nitrogens with zero attached hydrogens (tertiary/aromatic N) is 1. The van der Waals surface area contributed by atoms with Crippen LogP contribution in [0.5, 0.6) is 0 Å². The Bertz CT molecular complexity index is 331. The second-order valence-corrected chi connectivity index (χ2v) is 4.81. The molecule has 0 radical (unpaired) electrons. The molecule has 0 saturated heterocycles. The lowest BCUT2D eigenvalue weighted by molar-refractivity contribution is 0.295. The molecule has 1 aromatic rings. The van der Waals surface area contributed by atoms with Crippen molar-refractivity contribution in [3.05, 3.63) is 23.2 Å². The lowest BCUT2D eigenvalue weighted by Crippen LogP contribution is -2.36. The van der Waals surface area contributed by atoms with Crippen molar-refractivity contribution in [1.29, 1.82) is 0 Å². The first kappa shape index (κ1) is 13.3. The minimum atomic E-state index is 0.347. The second kappa shape index (κ2) is 5.51. The van der Waals surface area contributed by atoms with E-state index in [0.29, 0.717) is 12.1 Å². The molecule has 2 unspecified atom stereocenters. The van der Waals surface area contributed by atoms with Crippen LogP contribution in [0.4, 0.5) is 0 Å². The van der Waals surface area contributed by atoms with Crippen LogP contribution in [0.1, 0.15) is 37.0 Å². The Morgan fingerprint density at radius 3 is 2.38 bits per heavy atom. The van der Waals surface area contributed by atoms with Crippen molar-refractivity contribution < 1.29 is 4.42 Å². The van der Waals surface area contributed by atoms with Crippen molar-refractivity contribution in [1.82, 2.24) is 10.2 Å². The van der Waals surface area contributed by atoms with Crippen molar-refractivity contribution in [2.24, 2.45) is 0 Å². The van der Waals surface area contributed by atoms with Gasteiger partial charge in [0.1, 0.15) is 11.5 Å². The molecule has 0 bridgehead atoms. The first-order chi connectivity index (χ1) is 7.41. The number of hydrogen-bond donors (Lipinski definition) is 1. The van der Waals surface area contributed by atoms with Gasteiger partial charge in [-0.2, -0.15) is 0 Å². The molecule has 0 aliphatic rings. The van der Waals surface area contributed by atoms with Gasteiger partial charge in [-0.1, -0.05) is 0 Å². The van der Waals surface area contributed by atoms with E-state index in [2.05, 4.69) is 44.2 Å². The Hall–Kier alpha value is -0.800. The van der Waals surface area contributed by atoms with Crippen molar-refractivity contribution in [2.75, 3.05) is 20.6 Å². The quantitative estimate of drug-likeness (QED) is 0.833. The minimum absolute atomic E-state index is 0.347. The van der Waals surface area contributed by atoms with Crippen molar-refractivity contribution >= 4 is 0 Å². The molecule has 3 nitrogen and oxygen atoms in total. The zero-order chi connectivity index (χ0) is 12.3. The molecule has 16 heavy (non-hydrogen) atoms. The van der Waals surface area contributed by atoms with Gasteiger partial charge in [0.25, 0.3) is 0 Å². The molecule has 92 valence electrons. The number of nitrogens with one attached hydrogen (secondary N) is 1. The number of rotatable bonds is 5. The summed E-state index contributed by atoms with van der Waals surface area (Å²) in [5.74, 6) is 2.01. The number of likely N-dealkylation sites (N-methyl/N-ethyl adjacent to an activating group) is 1. The summed E-state index contributed by atoms with van der Waals surface area (Å²) in [5, 5.41) is 3.53. The topological polar surface area (TPSA) is 28.4 Å². The van der Waals surface area contributed by atoms with Crippen LogP contribution >= 0.6 is 0 Å². The Morgan fingerprint density at radius 1 is 1.31 bits per heavy atom. The Labute approximate surface area is 98.8 Å². The van der Waals surface area contributed by atoms with Crippen LogP contribution in [-0.2, 0) is 0 Å². The molecule has 0 spiro atoms. The standard InChI is InChI=1S/C13H24N2O/c1-9(15(5)6)8-14-11(3)13-7-10(2)16-12(13)4/h7,9,11,14H,8H2,1-6H3. The SMILES string of the molecule is Cc1cc(C(C)NCC(C)N(C)C)c(C)o1. The maximum absolute atomic E-state index is 5.54. The molecule has 0 aromatic carbocycles. The maximum atomic E-state index is 5.54. The predicted octanol–water partition coefficient (Wildman–Crippen LogP) is 2.50. The number of hydrogen-bond acceptors (Lipinski definition) is 3. The van der Waals surface area contributed by atoms with E-state index in [9.17, 15) is 0 Å². The summed E-state index contributed by atoms with van der Waals surface area (Å²) < 4.78 is 5.54. The molecular formula is C13H24N2O. The summed E-state index contributed by atoms with van der Waals surface area (Å²) in [6.45, 7) is 9.40. The fourth-order valence-corrected chi connectivity index (χ4v) is 1.72. The van der Waals surface area contributed by atoms with E-state index in [0.717, 1.165) is 18.1 Å². The third-order valence-electron chi connectivity index (χ3n) is 3.15. The van der Waals surface area contributed by atoms with Gasteiger partial charge in [0.05, 0.1) is 0 Å². The molecular weight excluding hydrogens is 200 g/mol. The van der Waals surface area contributed by atoms with Gasteiger partial charge in [0.2, 0.25) is 0 Å². The highest BCUT2D eigenvalue weighted by Gasteiger charge is 2.13. The Kier molecular flexibility index (Phi) is 4.56. The zero-order valence-electron chi connectivity index (χ0n) is 11.3. The van der Waals surface area contributed by atoms with Crippen LogP contribution < -0.4 is 5.32 Å². The summed E-state index contributed by atoms with van der Waals surface area (Å²) in [5.41, 5.74) is 1.27. The molecule has 2 atom stereocenters. The highest BCUT2D eigenvalue weighted by molar-refractivity contribution is 5.23. The molecule has 1 aromatic heterocycles. The lowest BCUT2D eigenvalue weighted by Gasteiger charge is -2.22. The molecule has 1 rings (SSSR count). The van der Waals surface area contributed by atoms with Gasteiger partial charge in [-0.15, -0.1) is 0 Å². The van der Waals surface area contributed by atoms with Crippen molar-refractivity contribution in [3.63, 3.8) is 0 Å². The van der Waals surface area contributed by atoms with Gasteiger partial charge in [-0.25, -0.2) is 0 Å². The summed E-state index contributed by atoms with van der Waals surface area (Å²) in [6.07, 6.45) is 0. The second-order valence-electron chi connectivity index (χ2n) is 4.81. The molecule has 1 N–H and O–H groups in total. The Balaban J connectivity index is 2.53. The van der Waals surface area contributed by atoms with Gasteiger partial charge in [-0.3, -0.25) is 0 Å². The molecule has 3 heteroatoms. The van der Waals surface area contributed by atoms with Gasteiger partial charge in [0, 0.05) is 24.2 Å². The third-order valence-corrected chi connectivity index (χ3v) is 3.15. The van der Waals surface area contributed by atoms with E-state index in [-0.39, 0.29) is 0 Å². The maximum Gasteiger partial charge on any atom is 0.105 e. The lowest BCUT2D eigenvalue weighted by atomic mass is 10.1. The molecule has 0 saturated carbocycles. The average Bonchev–Trinajstić information content (AvgIpc) is 2.53. The zero-order valence-corrected chi connectivity index (χ0v) is 11.3. The normalized spacial score (nSPS) is 15.4. The fraction of sp³-hybridized carbons (Fsp3) is 0.692. The highest BCUT2D eigenvalue weighted by Crippen LogP contribution is 2.20. The predicted molar refractivity (Wildman–Crippen MR) is 67.7 cm³/mol. The number of aryl methyl sites for hydroxylation is 2. The van der Waals surface area contributed by atoms with E-state index >= 15 is 0 Å². The molecule has 1 heterocycles. The van der Waals surface area contributed by atoms with Crippen LogP contribution in [0.2, 0.25) is 0 Å². The van der Waals surface area contributed by atoms with E-state index < -0.39 is 0 Å². The Morgan fingerprint density at radius 2 is 1.94 bits per heavy atom. The van der Waals surface area contributed by atoms with Gasteiger partial charge >= 0.3 is 0 Å². The molecule has 0 aliphatic heterocycles. The molecule has 0 amide bonds. The smallest absolute Gasteiger partial charge is 0.105 e. The average molecular weight is 224 g/mol. The summed E-state index contributed by atoms with van der Waals surface area (Å²) >= 11 is 0. The van der Waals surface area contributed by atoms with Gasteiger partial charge in [-0.05, 0) is 47.9 Å². The van der Waals surface area contributed by atoms with Crippen LogP contribution in [-0.4, -0.2) is 31.6 Å². The highest BCUT2D eigenvalue weighted by atomic mass is 16.3. The molecule has 0 aliphatic carbocycles. The third kappa shape index (κ3) is 3.35. The van der Waals surface area contributed by atoms with Crippen LogP contribution in [0.15, 0.2) is 10.5 Å². The van der Waals surface area contributed by atoms with Crippen molar-refractivity contribution in [3.8, 4) is 0 Å². The summed E-state index contributed by atoms with van der Waals surface area (Å²) in [4.78, 5) is 2.22. The number of furan rings is 1. The van der Waals surface area contributed by atoms with E-state index in [1.165, 1.54) is 5.56 Å². The van der Waals surface area contributed by atoms with Gasteiger partial charge in [0.15, 0.2) is 0 Å². The van der Waals surface area contributed by atoms with Crippen LogP contribution in [0, 0.1) is 13.8 Å². The van der Waals surface area contributed by atoms with Crippen molar-refractivity contribution in [2.45, 2.75) is 39.8 Å². The van der Waals surface area contributed by atoms with E-state index in [1.54, 1.807) is 0 Å². The van der Waals surface area contributed by atoms with Crippen LogP contribution in [0.3, 0.4) is 0 Å². The summed E-state index contributed by atoms with van der Waals surface area (Å²) in [7, 11) is 4.20. The largest absolute Gasteiger partial charge is 0.466 e.